The van der Waals surface area contributed by atoms with E-state index in [1.807, 2.05) is 19.9 Å². The number of hydrogen-bond donors (Lipinski definition) is 0. The van der Waals surface area contributed by atoms with Crippen LogP contribution in [0.4, 0.5) is 68.2 Å². The van der Waals surface area contributed by atoms with Gasteiger partial charge in [-0.2, -0.15) is 0 Å². The molecule has 0 radical (unpaired) electrons. The molecule has 0 aromatic heterocycles. The highest BCUT2D eigenvalue weighted by atomic mass is 79.9. The molecule has 16 rings (SSSR count). The van der Waals surface area contributed by atoms with Gasteiger partial charge in [0, 0.05) is 80.1 Å². The summed E-state index contributed by atoms with van der Waals surface area (Å²) >= 11 is 18.3. The highest BCUT2D eigenvalue weighted by Gasteiger charge is 2.46. The second-order valence-electron chi connectivity index (χ2n) is 40.9. The molecule has 0 aliphatic heterocycles. The van der Waals surface area contributed by atoms with Crippen LogP contribution in [0.25, 0.3) is 22.3 Å². The summed E-state index contributed by atoms with van der Waals surface area (Å²) in [5.41, 5.74) is 48.8. The molecule has 0 spiro atoms. The fourth-order valence-electron chi connectivity index (χ4n) is 23.0. The minimum atomic E-state index is -0.430. The fourth-order valence-corrected chi connectivity index (χ4v) is 24.4. The summed E-state index contributed by atoms with van der Waals surface area (Å²) in [6, 6.07) is 99.1. The lowest BCUT2D eigenvalue weighted by molar-refractivity contribution is 0.528. The summed E-state index contributed by atoms with van der Waals surface area (Å²) in [7, 11) is 0. The van der Waals surface area contributed by atoms with Crippen molar-refractivity contribution in [2.45, 2.75) is 309 Å². The first-order valence-electron chi connectivity index (χ1n) is 54.4. The molecule has 145 heavy (non-hydrogen) atoms. The predicted octanol–water partition coefficient (Wildman–Crippen LogP) is 44.5. The molecule has 0 amide bonds. The average Bonchev–Trinajstić information content (AvgIpc) is 1.55. The molecule has 9 heteroatoms. The monoisotopic (exact) mass is 2240 g/mol. The van der Waals surface area contributed by atoms with Crippen LogP contribution < -0.4 is 19.6 Å². The maximum Gasteiger partial charge on any atom is 0.0520 e. The highest BCUT2D eigenvalue weighted by Crippen LogP contribution is 2.60. The van der Waals surface area contributed by atoms with E-state index in [2.05, 4.69) is 484 Å². The molecular formula is C136H159Br5N4. The lowest BCUT2D eigenvalue weighted by Gasteiger charge is -2.36. The van der Waals surface area contributed by atoms with Gasteiger partial charge in [-0.25, -0.2) is 0 Å². The van der Waals surface area contributed by atoms with Crippen molar-refractivity contribution in [2.24, 2.45) is 0 Å². The van der Waals surface area contributed by atoms with Crippen LogP contribution in [0.15, 0.2) is 298 Å². The molecule has 0 heterocycles. The van der Waals surface area contributed by atoms with Crippen LogP contribution in [0.2, 0.25) is 0 Å². The maximum absolute atomic E-state index is 4.19. The number of benzene rings is 14. The smallest absolute Gasteiger partial charge is 0.0520 e. The molecule has 0 fully saturated rings. The summed E-state index contributed by atoms with van der Waals surface area (Å²) in [4.78, 5) is 10.0. The Bertz CT molecular complexity index is 6210. The van der Waals surface area contributed by atoms with Crippen LogP contribution in [0.1, 0.15) is 318 Å². The number of nitrogens with zero attached hydrogens (tertiary/aromatic N) is 4. The molecule has 758 valence electrons. The van der Waals surface area contributed by atoms with Crippen molar-refractivity contribution in [3.05, 3.63) is 420 Å². The van der Waals surface area contributed by atoms with E-state index in [0.29, 0.717) is 0 Å². The third-order valence-corrected chi connectivity index (χ3v) is 31.9. The van der Waals surface area contributed by atoms with E-state index in [9.17, 15) is 0 Å². The summed E-state index contributed by atoms with van der Waals surface area (Å²) in [5.74, 6) is 0.0591. The van der Waals surface area contributed by atoms with Gasteiger partial charge in [0.05, 0.1) is 22.7 Å². The third-order valence-electron chi connectivity index (χ3n) is 29.2. The molecule has 0 atom stereocenters. The van der Waals surface area contributed by atoms with E-state index in [4.69, 9.17) is 0 Å². The van der Waals surface area contributed by atoms with Gasteiger partial charge in [-0.3, -0.25) is 0 Å². The first-order valence-corrected chi connectivity index (χ1v) is 58.7. The molecule has 0 saturated heterocycles. The zero-order chi connectivity index (χ0) is 104. The minimum Gasteiger partial charge on any atom is -0.310 e. The number of aryl methyl sites for hydroxylation is 16. The van der Waals surface area contributed by atoms with Crippen LogP contribution in [-0.2, 0) is 31.1 Å². The molecule has 2 aliphatic carbocycles. The Morgan fingerprint density at radius 1 is 0.269 bits per heavy atom. The normalized spacial score (nSPS) is 12.0. The van der Waals surface area contributed by atoms with E-state index < -0.39 is 5.41 Å². The van der Waals surface area contributed by atoms with Crippen LogP contribution in [0.5, 0.6) is 0 Å². The first kappa shape index (κ1) is 112. The van der Waals surface area contributed by atoms with E-state index in [1.54, 1.807) is 0 Å². The molecule has 2 aliphatic rings. The Morgan fingerprint density at radius 3 is 0.793 bits per heavy atom. The highest BCUT2D eigenvalue weighted by molar-refractivity contribution is 9.11. The fraction of sp³-hybridized carbons (Fsp3) is 0.353. The number of halogens is 5. The van der Waals surface area contributed by atoms with Gasteiger partial charge in [-0.05, 0) is 441 Å². The standard InChI is InChI=1S/C67H76Br2N2.C61H66Br2N2.C6H11Br.C2H6/c1-10-13-16-19-22-52-41-53(23-20-17-14-11-2)43-54(42-52)67(36-21-18-15-12-3)63-44-59(70(57-28-24-55(68)25-29-57)65-48(6)37-46(4)38-49(65)7)32-34-61(63)62-35-33-60(45-64(62)67)71(58-30-26-56(69)27-31-58)66-50(8)39-47(5)40-51(66)9;1-9-11-13-15-17-46-35-47(18-16-14-12-10-2)37-48(36-46)59-57-38-53(64(51-23-19-49(62)20-24-51)60-42(5)31-40(3)32-43(60)6)27-29-55(57)56-30-28-54(39-58(56)59)65(52-25-21-50(63)22-26-52)61-44(7)33-41(4)34-45(61)8;1-2-3-4-5-6-7;1-2/h12,24-35,37-45H,3,10-11,13-23,36H2,1-2,4-9H3;19-39,59H,9-18H2,1-8H3;2H,1,3-6H2;1-2H3. The van der Waals surface area contributed by atoms with Gasteiger partial charge < -0.3 is 19.6 Å². The summed E-state index contributed by atoms with van der Waals surface area (Å²) in [6.45, 7) is 48.1. The number of fused-ring (bicyclic) bond motifs is 6. The van der Waals surface area contributed by atoms with Crippen LogP contribution >= 0.6 is 79.6 Å². The molecule has 0 unspecified atom stereocenters. The van der Waals surface area contributed by atoms with Crippen LogP contribution in [-0.4, -0.2) is 5.33 Å². The van der Waals surface area contributed by atoms with E-state index in [1.165, 1.54) is 306 Å². The van der Waals surface area contributed by atoms with Crippen molar-refractivity contribution in [2.75, 3.05) is 24.9 Å². The maximum atomic E-state index is 4.19. The van der Waals surface area contributed by atoms with Gasteiger partial charge in [0.25, 0.3) is 0 Å². The number of anilines is 12. The number of unbranched alkanes of at least 4 members (excludes halogenated alkanes) is 16. The number of alkyl halides is 1. The largest absolute Gasteiger partial charge is 0.310 e. The molecule has 0 N–H and O–H groups in total. The topological polar surface area (TPSA) is 13.0 Å². The molecule has 14 aromatic rings. The van der Waals surface area contributed by atoms with E-state index >= 15 is 0 Å². The molecular weight excluding hydrogens is 2090 g/mol. The Morgan fingerprint density at radius 2 is 0.524 bits per heavy atom. The number of rotatable bonds is 43. The molecule has 14 aromatic carbocycles. The summed E-state index contributed by atoms with van der Waals surface area (Å²) in [6.07, 6.45) is 36.5. The SMILES string of the molecule is C=CCCCCBr.C=CCCCCC1(c2cc(CCCCCC)cc(CCCCCC)c2)c2cc(N(c3ccc(Br)cc3)c3c(C)cc(C)cc3C)ccc2-c2ccc(N(c3ccc(Br)cc3)c3c(C)cc(C)cc3C)cc21.CC.CCCCCCc1cc(CCCCCC)cc(C2c3cc(N(c4ccc(Br)cc4)c4c(C)cc(C)cc4C)ccc3-c3ccc(N(c4ccc(Br)cc4)c4c(C)cc(C)cc4C)cc32)c1. The zero-order valence-electron chi connectivity index (χ0n) is 90.4. The van der Waals surface area contributed by atoms with Gasteiger partial charge >= 0.3 is 0 Å². The lowest BCUT2D eigenvalue weighted by atomic mass is 9.68. The Kier molecular flexibility index (Phi) is 42.1. The second-order valence-corrected chi connectivity index (χ2v) is 45.4. The molecule has 4 nitrogen and oxygen atoms in total. The van der Waals surface area contributed by atoms with Crippen molar-refractivity contribution in [3.63, 3.8) is 0 Å². The van der Waals surface area contributed by atoms with Crippen LogP contribution in [0, 0.1) is 83.1 Å². The third kappa shape index (κ3) is 27.6. The predicted molar refractivity (Wildman–Crippen MR) is 653 cm³/mol. The summed E-state index contributed by atoms with van der Waals surface area (Å²) in [5, 5.41) is 1.13. The van der Waals surface area contributed by atoms with Gasteiger partial charge in [-0.1, -0.05) is 348 Å². The lowest BCUT2D eigenvalue weighted by Crippen LogP contribution is -2.28. The van der Waals surface area contributed by atoms with Gasteiger partial charge in [0.1, 0.15) is 0 Å². The van der Waals surface area contributed by atoms with E-state index in [0.717, 1.165) is 104 Å². The second kappa shape index (κ2) is 54.4. The van der Waals surface area contributed by atoms with E-state index in [-0.39, 0.29) is 5.92 Å². The number of hydrogen-bond acceptors (Lipinski definition) is 4. The molecule has 0 bridgehead atoms. The van der Waals surface area contributed by atoms with Gasteiger partial charge in [-0.15, -0.1) is 13.2 Å². The van der Waals surface area contributed by atoms with Crippen molar-refractivity contribution in [1.29, 1.82) is 0 Å². The number of allylic oxidation sites excluding steroid dienone is 2. The van der Waals surface area contributed by atoms with Crippen molar-refractivity contribution >= 4 is 148 Å². The first-order chi connectivity index (χ1) is 70.2. The quantitative estimate of drug-likeness (QED) is 0.0214. The van der Waals surface area contributed by atoms with Crippen molar-refractivity contribution < 1.29 is 0 Å². The minimum absolute atomic E-state index is 0.0591. The Balaban J connectivity index is 0.000000225. The summed E-state index contributed by atoms with van der Waals surface area (Å²) < 4.78 is 4.30. The Hall–Kier alpha value is -9.84. The average molecular weight is 2250 g/mol. The van der Waals surface area contributed by atoms with Crippen molar-refractivity contribution in [1.82, 2.24) is 0 Å². The van der Waals surface area contributed by atoms with Gasteiger partial charge in [0.15, 0.2) is 0 Å². The van der Waals surface area contributed by atoms with Gasteiger partial charge in [0.2, 0.25) is 0 Å². The Labute approximate surface area is 916 Å². The molecule has 0 saturated carbocycles. The van der Waals surface area contributed by atoms with Crippen LogP contribution in [0.3, 0.4) is 0 Å². The zero-order valence-corrected chi connectivity index (χ0v) is 98.3. The van der Waals surface area contributed by atoms with Crippen molar-refractivity contribution in [3.8, 4) is 22.3 Å².